The van der Waals surface area contributed by atoms with Crippen LogP contribution in [-0.2, 0) is 36.8 Å². The fourth-order valence-corrected chi connectivity index (χ4v) is 4.94. The third-order valence-electron chi connectivity index (χ3n) is 6.01. The summed E-state index contributed by atoms with van der Waals surface area (Å²) in [4.78, 5) is 61.3. The van der Waals surface area contributed by atoms with Crippen LogP contribution < -0.4 is 18.9 Å². The van der Waals surface area contributed by atoms with Crippen LogP contribution in [0.3, 0.4) is 0 Å². The van der Waals surface area contributed by atoms with E-state index < -0.39 is 36.0 Å². The molecular formula is C26H25NO9. The number of carbonyl (C=O) groups is 5. The van der Waals surface area contributed by atoms with Gasteiger partial charge in [-0.2, -0.15) is 0 Å². The van der Waals surface area contributed by atoms with E-state index in [1.807, 2.05) is 0 Å². The number of benzene rings is 2. The lowest BCUT2D eigenvalue weighted by atomic mass is 9.76. The molecule has 10 heteroatoms. The first-order chi connectivity index (χ1) is 16.9. The predicted octanol–water partition coefficient (Wildman–Crippen LogP) is 3.13. The molecule has 2 aliphatic rings. The minimum absolute atomic E-state index is 0.0787. The van der Waals surface area contributed by atoms with Gasteiger partial charge < -0.3 is 23.8 Å². The summed E-state index contributed by atoms with van der Waals surface area (Å²) in [6, 6.07) is 5.70. The molecule has 2 aromatic rings. The first-order valence-electron chi connectivity index (χ1n) is 11.3. The van der Waals surface area contributed by atoms with Crippen molar-refractivity contribution in [1.82, 2.24) is 4.90 Å². The van der Waals surface area contributed by atoms with Crippen molar-refractivity contribution < 1.29 is 42.9 Å². The maximum atomic E-state index is 12.8. The van der Waals surface area contributed by atoms with E-state index in [0.717, 1.165) is 22.3 Å². The second kappa shape index (κ2) is 9.44. The standard InChI is InChI=1S/C26H25NO9/c1-12(28)27-21-6-17-8-23(33-13(2)29)25(35-15(4)31)10-19(17)22(27)7-18-9-24(34-14(3)30)26(11-20(18)21)36-16(5)32/h8-11,21-22H,6-7H2,1-5H3. The topological polar surface area (TPSA) is 126 Å². The maximum absolute atomic E-state index is 12.8. The summed E-state index contributed by atoms with van der Waals surface area (Å²) in [5.41, 5.74) is 3.13. The number of nitrogens with zero attached hydrogens (tertiary/aromatic N) is 1. The second-order valence-corrected chi connectivity index (χ2v) is 8.74. The smallest absolute Gasteiger partial charge is 0.308 e. The largest absolute Gasteiger partial charge is 0.423 e. The van der Waals surface area contributed by atoms with Crippen molar-refractivity contribution in [2.45, 2.75) is 59.5 Å². The number of ether oxygens (including phenoxy) is 4. The number of hydrogen-bond acceptors (Lipinski definition) is 9. The number of rotatable bonds is 4. The van der Waals surface area contributed by atoms with Gasteiger partial charge in [-0.1, -0.05) is 0 Å². The Labute approximate surface area is 207 Å². The molecule has 2 aliphatic heterocycles. The highest BCUT2D eigenvalue weighted by atomic mass is 16.6. The molecule has 0 aromatic heterocycles. The molecule has 0 aliphatic carbocycles. The number of esters is 4. The van der Waals surface area contributed by atoms with Crippen LogP contribution in [0.15, 0.2) is 24.3 Å². The van der Waals surface area contributed by atoms with E-state index in [0.29, 0.717) is 12.8 Å². The first-order valence-corrected chi connectivity index (χ1v) is 11.3. The van der Waals surface area contributed by atoms with E-state index in [1.54, 1.807) is 29.2 Å². The molecule has 0 fully saturated rings. The van der Waals surface area contributed by atoms with E-state index in [9.17, 15) is 24.0 Å². The van der Waals surface area contributed by atoms with Gasteiger partial charge in [0.05, 0.1) is 12.1 Å². The number of fused-ring (bicyclic) bond motifs is 6. The van der Waals surface area contributed by atoms with Crippen LogP contribution in [0.25, 0.3) is 0 Å². The third-order valence-corrected chi connectivity index (χ3v) is 6.01. The molecule has 0 spiro atoms. The Balaban J connectivity index is 1.87. The normalized spacial score (nSPS) is 17.3. The Kier molecular flexibility index (Phi) is 6.53. The highest BCUT2D eigenvalue weighted by molar-refractivity contribution is 5.78. The molecule has 2 bridgehead atoms. The molecule has 0 N–H and O–H groups in total. The molecule has 2 aromatic carbocycles. The molecule has 188 valence electrons. The SMILES string of the molecule is CC(=O)Oc1cc2c(cc1OC(C)=O)C1Cc3cc(OC(C)=O)c(OC(C)=O)cc3C(C2)N1C(C)=O. The molecule has 0 saturated carbocycles. The molecule has 0 saturated heterocycles. The summed E-state index contributed by atoms with van der Waals surface area (Å²) in [5, 5.41) is 0. The fourth-order valence-electron chi connectivity index (χ4n) is 4.94. The Morgan fingerprint density at radius 2 is 0.889 bits per heavy atom. The van der Waals surface area contributed by atoms with Gasteiger partial charge in [-0.3, -0.25) is 24.0 Å². The number of carbonyl (C=O) groups excluding carboxylic acids is 5. The highest BCUT2D eigenvalue weighted by Gasteiger charge is 2.43. The van der Waals surface area contributed by atoms with Gasteiger partial charge in [0.2, 0.25) is 5.91 Å². The Bertz CT molecular complexity index is 1220. The Morgan fingerprint density at radius 3 is 1.17 bits per heavy atom. The minimum Gasteiger partial charge on any atom is -0.423 e. The molecule has 2 unspecified atom stereocenters. The van der Waals surface area contributed by atoms with Gasteiger partial charge in [0.15, 0.2) is 23.0 Å². The lowest BCUT2D eigenvalue weighted by Crippen LogP contribution is -2.45. The molecule has 1 amide bonds. The van der Waals surface area contributed by atoms with E-state index in [1.165, 1.54) is 34.6 Å². The average molecular weight is 495 g/mol. The van der Waals surface area contributed by atoms with Crippen molar-refractivity contribution in [1.29, 1.82) is 0 Å². The van der Waals surface area contributed by atoms with Crippen molar-refractivity contribution in [2.24, 2.45) is 0 Å². The molecule has 10 nitrogen and oxygen atoms in total. The zero-order valence-corrected chi connectivity index (χ0v) is 20.5. The predicted molar refractivity (Wildman–Crippen MR) is 124 cm³/mol. The van der Waals surface area contributed by atoms with Gasteiger partial charge in [0.1, 0.15) is 0 Å². The summed E-state index contributed by atoms with van der Waals surface area (Å²) in [5.74, 6) is -2.11. The van der Waals surface area contributed by atoms with E-state index in [4.69, 9.17) is 18.9 Å². The van der Waals surface area contributed by atoms with Crippen molar-refractivity contribution in [3.05, 3.63) is 46.5 Å². The van der Waals surface area contributed by atoms with Crippen LogP contribution in [-0.4, -0.2) is 34.7 Å². The molecular weight excluding hydrogens is 470 g/mol. The van der Waals surface area contributed by atoms with Crippen molar-refractivity contribution in [3.63, 3.8) is 0 Å². The zero-order valence-electron chi connectivity index (χ0n) is 20.5. The van der Waals surface area contributed by atoms with Gasteiger partial charge in [0.25, 0.3) is 0 Å². The van der Waals surface area contributed by atoms with Gasteiger partial charge in [0, 0.05) is 34.6 Å². The van der Waals surface area contributed by atoms with E-state index in [-0.39, 0.29) is 28.9 Å². The molecule has 2 heterocycles. The summed E-state index contributed by atoms with van der Waals surface area (Å²) >= 11 is 0. The Hall–Kier alpha value is -4.21. The number of hydrogen-bond donors (Lipinski definition) is 0. The molecule has 36 heavy (non-hydrogen) atoms. The third kappa shape index (κ3) is 4.79. The van der Waals surface area contributed by atoms with Gasteiger partial charge in [-0.05, 0) is 59.4 Å². The summed E-state index contributed by atoms with van der Waals surface area (Å²) in [7, 11) is 0. The van der Waals surface area contributed by atoms with Crippen LogP contribution in [0.1, 0.15) is 69.0 Å². The lowest BCUT2D eigenvalue weighted by molar-refractivity contribution is -0.136. The van der Waals surface area contributed by atoms with Crippen LogP contribution in [0.5, 0.6) is 23.0 Å². The summed E-state index contributed by atoms with van der Waals surface area (Å²) in [6.45, 7) is 6.44. The van der Waals surface area contributed by atoms with Crippen molar-refractivity contribution in [3.8, 4) is 23.0 Å². The maximum Gasteiger partial charge on any atom is 0.308 e. The van der Waals surface area contributed by atoms with Crippen LogP contribution >= 0.6 is 0 Å². The monoisotopic (exact) mass is 495 g/mol. The van der Waals surface area contributed by atoms with Crippen molar-refractivity contribution in [2.75, 3.05) is 0 Å². The molecule has 0 radical (unpaired) electrons. The van der Waals surface area contributed by atoms with Gasteiger partial charge in [-0.15, -0.1) is 0 Å². The average Bonchev–Trinajstić information content (AvgIpc) is 2.73. The van der Waals surface area contributed by atoms with Gasteiger partial charge in [-0.25, -0.2) is 0 Å². The van der Waals surface area contributed by atoms with Gasteiger partial charge >= 0.3 is 23.9 Å². The van der Waals surface area contributed by atoms with E-state index in [2.05, 4.69) is 0 Å². The van der Waals surface area contributed by atoms with Crippen LogP contribution in [0.4, 0.5) is 0 Å². The lowest BCUT2D eigenvalue weighted by Gasteiger charge is -2.47. The van der Waals surface area contributed by atoms with Crippen LogP contribution in [0.2, 0.25) is 0 Å². The minimum atomic E-state index is -0.585. The highest BCUT2D eigenvalue weighted by Crippen LogP contribution is 2.51. The number of amides is 1. The quantitative estimate of drug-likeness (QED) is 0.464. The zero-order chi connectivity index (χ0) is 26.3. The fraction of sp³-hybridized carbons (Fsp3) is 0.346. The Morgan fingerprint density at radius 1 is 0.583 bits per heavy atom. The van der Waals surface area contributed by atoms with E-state index >= 15 is 0 Å². The molecule has 4 rings (SSSR count). The molecule has 2 atom stereocenters. The summed E-state index contributed by atoms with van der Waals surface area (Å²) < 4.78 is 21.2. The summed E-state index contributed by atoms with van der Waals surface area (Å²) in [6.07, 6.45) is 0.721. The second-order valence-electron chi connectivity index (χ2n) is 8.74. The first kappa shape index (κ1) is 24.9. The van der Waals surface area contributed by atoms with Crippen molar-refractivity contribution >= 4 is 29.8 Å². The van der Waals surface area contributed by atoms with Crippen LogP contribution in [0, 0.1) is 0 Å².